The Morgan fingerprint density at radius 3 is 2.32 bits per heavy atom. The molecule has 1 aromatic rings. The number of amides is 3. The molecule has 5 rings (SSSR count). The molecule has 11 atom stereocenters. The lowest BCUT2D eigenvalue weighted by molar-refractivity contribution is -0.135. The van der Waals surface area contributed by atoms with E-state index in [1.165, 1.54) is 39.8 Å². The molecule has 3 unspecified atom stereocenters. The first-order valence-electron chi connectivity index (χ1n) is 20.0. The summed E-state index contributed by atoms with van der Waals surface area (Å²) in [6.45, 7) is 19.1. The predicted octanol–water partition coefficient (Wildman–Crippen LogP) is 4.16. The fourth-order valence-corrected chi connectivity index (χ4v) is 10.9. The topological polar surface area (TPSA) is 196 Å². The molecule has 3 amide bonds. The zero-order chi connectivity index (χ0) is 42.0. The summed E-state index contributed by atoms with van der Waals surface area (Å²) in [5, 5.41) is 45.4. The number of nitrogens with zero attached hydrogens (tertiary/aromatic N) is 5. The van der Waals surface area contributed by atoms with Gasteiger partial charge in [-0.2, -0.15) is 0 Å². The van der Waals surface area contributed by atoms with Crippen molar-refractivity contribution in [2.24, 2.45) is 17.8 Å². The van der Waals surface area contributed by atoms with Gasteiger partial charge >= 0.3 is 12.2 Å². The summed E-state index contributed by atoms with van der Waals surface area (Å²) in [5.74, 6) is 0.278. The molecular formula is C38H64N6O10S3. The van der Waals surface area contributed by atoms with E-state index < -0.39 is 82.6 Å². The van der Waals surface area contributed by atoms with Crippen LogP contribution in [0.15, 0.2) is 4.34 Å². The minimum Gasteiger partial charge on any atom is -0.444 e. The largest absolute Gasteiger partial charge is 0.444 e. The van der Waals surface area contributed by atoms with Crippen molar-refractivity contribution in [3.05, 3.63) is 0 Å². The second-order valence-corrected chi connectivity index (χ2v) is 21.7. The summed E-state index contributed by atoms with van der Waals surface area (Å²) in [4.78, 5) is 46.4. The molecule has 4 saturated heterocycles. The average molecular weight is 861 g/mol. The second-order valence-electron chi connectivity index (χ2n) is 18.1. The number of thioether (sulfide) groups is 2. The Morgan fingerprint density at radius 1 is 0.982 bits per heavy atom. The van der Waals surface area contributed by atoms with E-state index in [-0.39, 0.29) is 12.3 Å². The maximum absolute atomic E-state index is 14.8. The molecule has 1 aromatic heterocycles. The summed E-state index contributed by atoms with van der Waals surface area (Å²) in [6.07, 6.45) is -2.58. The van der Waals surface area contributed by atoms with E-state index in [0.29, 0.717) is 54.2 Å². The second kappa shape index (κ2) is 19.1. The first-order valence-corrected chi connectivity index (χ1v) is 23.0. The van der Waals surface area contributed by atoms with E-state index in [1.807, 2.05) is 38.9 Å². The molecule has 0 saturated carbocycles. The molecule has 4 aliphatic heterocycles. The molecule has 57 heavy (non-hydrogen) atoms. The highest BCUT2D eigenvalue weighted by Crippen LogP contribution is 2.40. The lowest BCUT2D eigenvalue weighted by Gasteiger charge is -2.37. The van der Waals surface area contributed by atoms with Gasteiger partial charge in [-0.15, -0.1) is 22.0 Å². The summed E-state index contributed by atoms with van der Waals surface area (Å²) in [7, 11) is 0. The molecule has 4 aliphatic rings. The summed E-state index contributed by atoms with van der Waals surface area (Å²) >= 11 is 3.96. The number of aromatic nitrogens is 2. The highest BCUT2D eigenvalue weighted by molar-refractivity contribution is 8.01. The molecule has 0 bridgehead atoms. The van der Waals surface area contributed by atoms with Crippen LogP contribution in [0.25, 0.3) is 0 Å². The number of aliphatic hydroxyl groups excluding tert-OH is 3. The number of anilines is 1. The number of rotatable bonds is 10. The number of nitrogens with one attached hydrogen (secondary N) is 1. The molecule has 5 heterocycles. The number of carbonyl (C=O) groups is 3. The van der Waals surface area contributed by atoms with Gasteiger partial charge in [0.1, 0.15) is 41.0 Å². The molecule has 4 fully saturated rings. The van der Waals surface area contributed by atoms with Gasteiger partial charge in [0.2, 0.25) is 11.0 Å². The van der Waals surface area contributed by atoms with Crippen LogP contribution in [0.5, 0.6) is 0 Å². The van der Waals surface area contributed by atoms with Crippen LogP contribution < -0.4 is 10.2 Å². The number of aliphatic hydroxyl groups is 3. The molecule has 19 heteroatoms. The molecule has 0 radical (unpaired) electrons. The number of likely N-dealkylation sites (tertiary alicyclic amines) is 1. The van der Waals surface area contributed by atoms with Crippen molar-refractivity contribution in [3.63, 3.8) is 0 Å². The quantitative estimate of drug-likeness (QED) is 0.245. The monoisotopic (exact) mass is 860 g/mol. The van der Waals surface area contributed by atoms with Gasteiger partial charge in [0.25, 0.3) is 0 Å². The van der Waals surface area contributed by atoms with Crippen LogP contribution in [0.3, 0.4) is 0 Å². The van der Waals surface area contributed by atoms with Crippen molar-refractivity contribution in [3.8, 4) is 0 Å². The lowest BCUT2D eigenvalue weighted by Crippen LogP contribution is -2.61. The van der Waals surface area contributed by atoms with Crippen molar-refractivity contribution < 1.29 is 48.7 Å². The Kier molecular flexibility index (Phi) is 15.4. The van der Waals surface area contributed by atoms with Gasteiger partial charge in [0.15, 0.2) is 4.34 Å². The molecule has 16 nitrogen and oxygen atoms in total. The van der Waals surface area contributed by atoms with E-state index >= 15 is 0 Å². The van der Waals surface area contributed by atoms with Crippen molar-refractivity contribution >= 4 is 58.1 Å². The Balaban J connectivity index is 1.41. The van der Waals surface area contributed by atoms with Gasteiger partial charge in [0.05, 0.1) is 24.9 Å². The number of carbonyl (C=O) groups excluding carboxylic acids is 3. The summed E-state index contributed by atoms with van der Waals surface area (Å²) in [6, 6.07) is -1.98. The normalized spacial score (nSPS) is 31.1. The Morgan fingerprint density at radius 2 is 1.67 bits per heavy atom. The standard InChI is InChI=1S/C38H64N6O10S3/c1-20(2)15-22-11-14-51-30-23(16-22)18-44(36(50)54-38(7,8)9)27(30)32(48)39-26(31-29(47)28(46)24(45)17-25(52-31)55-10)21(3)56-34-41-40-33(57-34)42-12-13-43(19-42)35(49)53-37(4,5)6/h20-31,45-47H,11-19H2,1-10H3,(H,39,48)/t21-,22-,23-,24-,25?,26+,27-,28?,29?,30+,31+/m0/s1. The fourth-order valence-electron chi connectivity index (χ4n) is 8.00. The van der Waals surface area contributed by atoms with E-state index in [4.69, 9.17) is 18.9 Å². The van der Waals surface area contributed by atoms with Crippen molar-refractivity contribution in [2.45, 2.75) is 157 Å². The smallest absolute Gasteiger partial charge is 0.411 e. The molecule has 0 aliphatic carbocycles. The molecule has 324 valence electrons. The van der Waals surface area contributed by atoms with E-state index in [9.17, 15) is 29.7 Å². The SMILES string of the molecule is CSC1C[C@H](O)C(O)C(O)[C@@H]([C@H](NC(=O)[C@@H]2[C@@H]3OCC[C@@H](CC(C)C)C[C@H]3CN2C(=O)OC(C)(C)C)[C@H](C)Sc2nnc(N3CCN(C(=O)OC(C)(C)C)C3)s2)O1. The first kappa shape index (κ1) is 45.9. The van der Waals surface area contributed by atoms with E-state index in [0.717, 1.165) is 19.3 Å². The van der Waals surface area contributed by atoms with E-state index in [1.54, 1.807) is 25.7 Å². The van der Waals surface area contributed by atoms with Gasteiger partial charge in [0, 0.05) is 43.8 Å². The fraction of sp³-hybridized carbons (Fsp3) is 0.868. The van der Waals surface area contributed by atoms with Crippen LogP contribution in [0.1, 0.15) is 88.0 Å². The minimum atomic E-state index is -1.57. The van der Waals surface area contributed by atoms with Crippen LogP contribution in [-0.2, 0) is 23.7 Å². The third-order valence-electron chi connectivity index (χ3n) is 10.6. The van der Waals surface area contributed by atoms with Crippen LogP contribution >= 0.6 is 34.9 Å². The molecule has 4 N–H and O–H groups in total. The number of hydrogen-bond donors (Lipinski definition) is 4. The van der Waals surface area contributed by atoms with Crippen molar-refractivity contribution in [1.82, 2.24) is 25.3 Å². The average Bonchev–Trinajstić information content (AvgIpc) is 3.82. The Hall–Kier alpha value is -2.13. The summed E-state index contributed by atoms with van der Waals surface area (Å²) in [5.41, 5.74) is -2.02. The third-order valence-corrected chi connectivity index (χ3v) is 13.7. The molecular weight excluding hydrogens is 797 g/mol. The molecule has 0 spiro atoms. The van der Waals surface area contributed by atoms with E-state index in [2.05, 4.69) is 29.4 Å². The maximum atomic E-state index is 14.8. The summed E-state index contributed by atoms with van der Waals surface area (Å²) < 4.78 is 24.8. The Labute approximate surface area is 349 Å². The highest BCUT2D eigenvalue weighted by atomic mass is 32.2. The first-order chi connectivity index (χ1) is 26.6. The number of ether oxygens (including phenoxy) is 4. The zero-order valence-corrected chi connectivity index (χ0v) is 37.4. The Bertz CT molecular complexity index is 1530. The van der Waals surface area contributed by atoms with Gasteiger partial charge in [-0.05, 0) is 78.9 Å². The van der Waals surface area contributed by atoms with Crippen LogP contribution in [0, 0.1) is 17.8 Å². The minimum absolute atomic E-state index is 0.0676. The van der Waals surface area contributed by atoms with Gasteiger partial charge in [-0.25, -0.2) is 9.59 Å². The highest BCUT2D eigenvalue weighted by Gasteiger charge is 2.53. The van der Waals surface area contributed by atoms with Crippen LogP contribution in [0.2, 0.25) is 0 Å². The van der Waals surface area contributed by atoms with Crippen LogP contribution in [0.4, 0.5) is 14.7 Å². The third kappa shape index (κ3) is 12.0. The van der Waals surface area contributed by atoms with Crippen molar-refractivity contribution in [2.75, 3.05) is 44.1 Å². The van der Waals surface area contributed by atoms with Gasteiger partial charge in [-0.3, -0.25) is 14.6 Å². The number of fused-ring (bicyclic) bond motifs is 1. The zero-order valence-electron chi connectivity index (χ0n) is 35.0. The molecule has 0 aromatic carbocycles. The van der Waals surface area contributed by atoms with Crippen molar-refractivity contribution in [1.29, 1.82) is 0 Å². The predicted molar refractivity (Wildman–Crippen MR) is 219 cm³/mol. The van der Waals surface area contributed by atoms with Gasteiger partial charge in [-0.1, -0.05) is 43.9 Å². The van der Waals surface area contributed by atoms with Crippen LogP contribution in [-0.4, -0.2) is 157 Å². The number of hydrogen-bond acceptors (Lipinski definition) is 16. The maximum Gasteiger partial charge on any atom is 0.411 e. The van der Waals surface area contributed by atoms with Gasteiger partial charge < -0.3 is 44.5 Å². The lowest BCUT2D eigenvalue weighted by atomic mass is 9.85.